The van der Waals surface area contributed by atoms with Gasteiger partial charge in [0.2, 0.25) is 0 Å². The fourth-order valence-electron chi connectivity index (χ4n) is 1.93. The van der Waals surface area contributed by atoms with E-state index in [9.17, 15) is 9.90 Å². The molecule has 0 saturated heterocycles. The molecule has 0 radical (unpaired) electrons. The first-order valence-corrected chi connectivity index (χ1v) is 6.90. The monoisotopic (exact) mass is 289 g/mol. The Bertz CT molecular complexity index is 622. The molecule has 0 aliphatic carbocycles. The lowest BCUT2D eigenvalue weighted by molar-refractivity contribution is 0.102. The number of hydrogen-bond donors (Lipinski definition) is 3. The topological polar surface area (TPSA) is 87.2 Å². The Hall–Kier alpha value is -2.34. The average molecular weight is 289 g/mol. The molecule has 0 saturated carbocycles. The van der Waals surface area contributed by atoms with Crippen molar-refractivity contribution >= 4 is 11.6 Å². The molecular weight excluding hydrogens is 270 g/mol. The maximum absolute atomic E-state index is 12.1. The number of aryl methyl sites for hydroxylation is 1. The van der Waals surface area contributed by atoms with E-state index in [-0.39, 0.29) is 12.5 Å². The Balaban J connectivity index is 2.13. The number of nitrogens with one attached hydrogen (secondary N) is 2. The fraction of sp³-hybridized carbons (Fsp3) is 0.333. The Labute approximate surface area is 123 Å². The molecule has 1 heterocycles. The van der Waals surface area contributed by atoms with Crippen molar-refractivity contribution in [1.29, 1.82) is 0 Å². The lowest BCUT2D eigenvalue weighted by Crippen LogP contribution is -2.12. The van der Waals surface area contributed by atoms with Gasteiger partial charge in [0.1, 0.15) is 5.75 Å². The van der Waals surface area contributed by atoms with Gasteiger partial charge in [0, 0.05) is 16.9 Å². The van der Waals surface area contributed by atoms with Gasteiger partial charge < -0.3 is 15.2 Å². The van der Waals surface area contributed by atoms with E-state index in [1.807, 2.05) is 13.8 Å². The summed E-state index contributed by atoms with van der Waals surface area (Å²) in [5.74, 6) is 0.324. The molecule has 21 heavy (non-hydrogen) atoms. The number of benzene rings is 1. The highest BCUT2D eigenvalue weighted by Gasteiger charge is 2.11. The molecule has 0 spiro atoms. The molecule has 6 nitrogen and oxygen atoms in total. The van der Waals surface area contributed by atoms with Crippen LogP contribution in [-0.4, -0.2) is 27.8 Å². The van der Waals surface area contributed by atoms with E-state index in [2.05, 4.69) is 15.5 Å². The van der Waals surface area contributed by atoms with Crippen molar-refractivity contribution in [2.75, 3.05) is 11.9 Å². The molecule has 6 heteroatoms. The summed E-state index contributed by atoms with van der Waals surface area (Å²) in [5.41, 5.74) is 2.47. The highest BCUT2D eigenvalue weighted by molar-refractivity contribution is 6.03. The second-order valence-electron chi connectivity index (χ2n) is 4.50. The first-order chi connectivity index (χ1) is 10.2. The summed E-state index contributed by atoms with van der Waals surface area (Å²) >= 11 is 0. The summed E-state index contributed by atoms with van der Waals surface area (Å²) in [6.45, 7) is 4.22. The Kier molecular flexibility index (Phi) is 4.94. The number of anilines is 1. The number of aliphatic hydroxyl groups is 1. The van der Waals surface area contributed by atoms with Crippen molar-refractivity contribution in [2.45, 2.75) is 26.9 Å². The average Bonchev–Trinajstić information content (AvgIpc) is 2.98. The molecule has 0 unspecified atom stereocenters. The van der Waals surface area contributed by atoms with Crippen molar-refractivity contribution < 1.29 is 14.6 Å². The summed E-state index contributed by atoms with van der Waals surface area (Å²) in [5, 5.41) is 18.9. The third-order valence-corrected chi connectivity index (χ3v) is 3.03. The second kappa shape index (κ2) is 6.90. The predicted molar refractivity (Wildman–Crippen MR) is 79.5 cm³/mol. The number of nitrogens with zero attached hydrogens (tertiary/aromatic N) is 1. The number of hydrogen-bond acceptors (Lipinski definition) is 4. The van der Waals surface area contributed by atoms with Crippen molar-refractivity contribution in [3.8, 4) is 5.75 Å². The molecule has 0 aliphatic rings. The fourth-order valence-corrected chi connectivity index (χ4v) is 1.93. The van der Waals surface area contributed by atoms with E-state index in [1.165, 1.54) is 0 Å². The first-order valence-electron chi connectivity index (χ1n) is 6.90. The van der Waals surface area contributed by atoms with E-state index >= 15 is 0 Å². The van der Waals surface area contributed by atoms with Crippen LogP contribution in [0.4, 0.5) is 5.69 Å². The lowest BCUT2D eigenvalue weighted by atomic mass is 10.2. The van der Waals surface area contributed by atoms with Crippen LogP contribution in [0, 0.1) is 0 Å². The third-order valence-electron chi connectivity index (χ3n) is 3.03. The van der Waals surface area contributed by atoms with E-state index in [4.69, 9.17) is 4.74 Å². The molecule has 1 amide bonds. The summed E-state index contributed by atoms with van der Waals surface area (Å²) in [4.78, 5) is 12.1. The Morgan fingerprint density at radius 1 is 1.38 bits per heavy atom. The Morgan fingerprint density at radius 2 is 2.19 bits per heavy atom. The van der Waals surface area contributed by atoms with Crippen LogP contribution in [0.5, 0.6) is 5.75 Å². The summed E-state index contributed by atoms with van der Waals surface area (Å²) in [6, 6.07) is 6.87. The maximum Gasteiger partial charge on any atom is 0.276 e. The minimum atomic E-state index is -0.293. The minimum Gasteiger partial charge on any atom is -0.494 e. The maximum atomic E-state index is 12.1. The quantitative estimate of drug-likeness (QED) is 0.760. The van der Waals surface area contributed by atoms with Gasteiger partial charge in [-0.1, -0.05) is 6.92 Å². The van der Waals surface area contributed by atoms with Gasteiger partial charge in [0.15, 0.2) is 5.69 Å². The van der Waals surface area contributed by atoms with Crippen LogP contribution < -0.4 is 10.1 Å². The van der Waals surface area contributed by atoms with Crippen molar-refractivity contribution in [2.24, 2.45) is 0 Å². The predicted octanol–water partition coefficient (Wildman–Crippen LogP) is 2.12. The standard InChI is InChI=1S/C15H19N3O3/c1-3-11-8-13(18-17-11)15(20)16-12-5-6-14(21-4-2)10(7-12)9-19/h5-8,19H,3-4,9H2,1-2H3,(H,16,20)(H,17,18). The highest BCUT2D eigenvalue weighted by atomic mass is 16.5. The van der Waals surface area contributed by atoms with Crippen LogP contribution in [0.1, 0.15) is 35.6 Å². The van der Waals surface area contributed by atoms with E-state index in [0.717, 1.165) is 12.1 Å². The molecule has 2 rings (SSSR count). The largest absolute Gasteiger partial charge is 0.494 e. The van der Waals surface area contributed by atoms with Crippen LogP contribution >= 0.6 is 0 Å². The molecule has 3 N–H and O–H groups in total. The molecule has 2 aromatic rings. The SMILES string of the molecule is CCOc1ccc(NC(=O)c2cc(CC)[nH]n2)cc1CO. The number of aliphatic hydroxyl groups excluding tert-OH is 1. The van der Waals surface area contributed by atoms with Gasteiger partial charge in [-0.15, -0.1) is 0 Å². The van der Waals surface area contributed by atoms with Gasteiger partial charge in [-0.2, -0.15) is 5.10 Å². The second-order valence-corrected chi connectivity index (χ2v) is 4.50. The van der Waals surface area contributed by atoms with Gasteiger partial charge in [0.05, 0.1) is 13.2 Å². The molecule has 0 atom stereocenters. The number of aromatic amines is 1. The van der Waals surface area contributed by atoms with Gasteiger partial charge in [-0.3, -0.25) is 9.89 Å². The first kappa shape index (κ1) is 15.1. The highest BCUT2D eigenvalue weighted by Crippen LogP contribution is 2.23. The number of aromatic nitrogens is 2. The van der Waals surface area contributed by atoms with Gasteiger partial charge in [-0.05, 0) is 37.6 Å². The number of H-pyrrole nitrogens is 1. The van der Waals surface area contributed by atoms with Crippen LogP contribution in [0.2, 0.25) is 0 Å². The number of amides is 1. The third kappa shape index (κ3) is 3.61. The van der Waals surface area contributed by atoms with Gasteiger partial charge in [0.25, 0.3) is 5.91 Å². The van der Waals surface area contributed by atoms with E-state index in [0.29, 0.717) is 29.3 Å². The van der Waals surface area contributed by atoms with E-state index < -0.39 is 0 Å². The zero-order chi connectivity index (χ0) is 15.2. The molecular formula is C15H19N3O3. The number of ether oxygens (including phenoxy) is 1. The number of rotatable bonds is 6. The van der Waals surface area contributed by atoms with Crippen molar-refractivity contribution in [3.63, 3.8) is 0 Å². The summed E-state index contributed by atoms with van der Waals surface area (Å²) in [7, 11) is 0. The number of carbonyl (C=O) groups excluding carboxylic acids is 1. The van der Waals surface area contributed by atoms with Crippen LogP contribution in [0.3, 0.4) is 0 Å². The molecule has 0 bridgehead atoms. The summed E-state index contributed by atoms with van der Waals surface area (Å²) in [6.07, 6.45) is 0.790. The minimum absolute atomic E-state index is 0.151. The zero-order valence-electron chi connectivity index (χ0n) is 12.1. The van der Waals surface area contributed by atoms with Crippen molar-refractivity contribution in [1.82, 2.24) is 10.2 Å². The van der Waals surface area contributed by atoms with Crippen LogP contribution in [0.15, 0.2) is 24.3 Å². The molecule has 0 aliphatic heterocycles. The lowest BCUT2D eigenvalue weighted by Gasteiger charge is -2.10. The van der Waals surface area contributed by atoms with E-state index in [1.54, 1.807) is 24.3 Å². The summed E-state index contributed by atoms with van der Waals surface area (Å²) < 4.78 is 5.40. The van der Waals surface area contributed by atoms with Crippen LogP contribution in [0.25, 0.3) is 0 Å². The van der Waals surface area contributed by atoms with Gasteiger partial charge in [-0.25, -0.2) is 0 Å². The normalized spacial score (nSPS) is 10.4. The van der Waals surface area contributed by atoms with Gasteiger partial charge >= 0.3 is 0 Å². The smallest absolute Gasteiger partial charge is 0.276 e. The van der Waals surface area contributed by atoms with Crippen molar-refractivity contribution in [3.05, 3.63) is 41.2 Å². The number of carbonyl (C=O) groups is 1. The molecule has 112 valence electrons. The van der Waals surface area contributed by atoms with Crippen LogP contribution in [-0.2, 0) is 13.0 Å². The Morgan fingerprint density at radius 3 is 2.81 bits per heavy atom. The molecule has 0 fully saturated rings. The zero-order valence-corrected chi connectivity index (χ0v) is 12.1. The molecule has 1 aromatic carbocycles. The molecule has 1 aromatic heterocycles.